The zero-order valence-corrected chi connectivity index (χ0v) is 13.1. The number of benzene rings is 1. The first-order chi connectivity index (χ1) is 9.35. The zero-order valence-electron chi connectivity index (χ0n) is 11.3. The lowest BCUT2D eigenvalue weighted by atomic mass is 10.2. The highest BCUT2D eigenvalue weighted by molar-refractivity contribution is 8.15. The van der Waals surface area contributed by atoms with Crippen molar-refractivity contribution in [3.63, 3.8) is 0 Å². The molecule has 1 rings (SSSR count). The Hall–Kier alpha value is -0.890. The van der Waals surface area contributed by atoms with Crippen molar-refractivity contribution in [3.05, 3.63) is 29.8 Å². The van der Waals surface area contributed by atoms with E-state index >= 15 is 0 Å². The molecule has 0 aliphatic carbocycles. The Balaban J connectivity index is 2.99. The van der Waals surface area contributed by atoms with E-state index in [2.05, 4.69) is 9.72 Å². The molecule has 0 aliphatic rings. The van der Waals surface area contributed by atoms with Gasteiger partial charge in [-0.15, -0.1) is 4.89 Å². The van der Waals surface area contributed by atoms with Gasteiger partial charge in [-0.25, -0.2) is 4.79 Å². The predicted molar refractivity (Wildman–Crippen MR) is 77.9 cm³/mol. The number of thiol groups is 1. The summed E-state index contributed by atoms with van der Waals surface area (Å²) in [5.74, 6) is -0.547. The normalized spacial score (nSPS) is 11.5. The zero-order chi connectivity index (χ0) is 15.2. The molecular formula is C11H18NO6PS. The van der Waals surface area contributed by atoms with Crippen molar-refractivity contribution in [1.29, 1.82) is 0 Å². The molecule has 0 amide bonds. The molecule has 0 atom stereocenters. The maximum Gasteiger partial charge on any atom is 0.345 e. The van der Waals surface area contributed by atoms with Crippen LogP contribution in [0.15, 0.2) is 24.3 Å². The van der Waals surface area contributed by atoms with Crippen molar-refractivity contribution in [2.75, 3.05) is 7.11 Å². The SMILES string of the molecule is CON[SH]=P(O)(O)Oc1ccccc1C(=O)OC(C)C. The molecule has 0 aromatic heterocycles. The molecule has 1 aromatic carbocycles. The van der Waals surface area contributed by atoms with Gasteiger partial charge in [0.15, 0.2) is 0 Å². The minimum absolute atomic E-state index is 0.0352. The van der Waals surface area contributed by atoms with Crippen molar-refractivity contribution in [3.8, 4) is 5.75 Å². The molecule has 0 fully saturated rings. The molecule has 0 aliphatic heterocycles. The molecule has 1 aromatic rings. The van der Waals surface area contributed by atoms with Crippen molar-refractivity contribution in [1.82, 2.24) is 4.89 Å². The first kappa shape index (κ1) is 17.2. The standard InChI is InChI=1S/C11H18NO6PS/c1-8(2)17-11(13)9-6-4-5-7-10(9)18-19(14,15)20-12-16-3/h4-8,12,14-15,20H,1-3H3. The molecule has 3 N–H and O–H groups in total. The average Bonchev–Trinajstić information content (AvgIpc) is 2.35. The quantitative estimate of drug-likeness (QED) is 0.270. The molecule has 0 unspecified atom stereocenters. The number of hydrogen-bond acceptors (Lipinski definition) is 4. The number of nitrogens with one attached hydrogen (secondary N) is 1. The lowest BCUT2D eigenvalue weighted by Crippen LogP contribution is -2.13. The summed E-state index contributed by atoms with van der Waals surface area (Å²) in [5, 5.41) is 0. The van der Waals surface area contributed by atoms with Crippen molar-refractivity contribution in [2.45, 2.75) is 20.0 Å². The summed E-state index contributed by atoms with van der Waals surface area (Å²) in [4.78, 5) is 38.1. The third-order valence-corrected chi connectivity index (χ3v) is 4.17. The van der Waals surface area contributed by atoms with E-state index < -0.39 is 12.7 Å². The van der Waals surface area contributed by atoms with Gasteiger partial charge in [0.2, 0.25) is 0 Å². The second kappa shape index (κ2) is 7.78. The summed E-state index contributed by atoms with van der Waals surface area (Å²) in [6.07, 6.45) is -0.286. The maximum absolute atomic E-state index is 11.9. The molecule has 114 valence electrons. The Morgan fingerprint density at radius 1 is 1.35 bits per heavy atom. The topological polar surface area (TPSA) is 97.3 Å². The van der Waals surface area contributed by atoms with Crippen LogP contribution in [-0.2, 0) is 20.7 Å². The fraction of sp³-hybridized carbons (Fsp3) is 0.364. The van der Waals surface area contributed by atoms with Crippen molar-refractivity contribution in [2.24, 2.45) is 0 Å². The molecule has 0 saturated carbocycles. The summed E-state index contributed by atoms with van der Waals surface area (Å²) in [7, 11) is 1.33. The van der Waals surface area contributed by atoms with E-state index in [1.54, 1.807) is 26.0 Å². The molecule has 0 spiro atoms. The molecule has 0 saturated heterocycles. The maximum atomic E-state index is 11.9. The smallest absolute Gasteiger partial charge is 0.345 e. The van der Waals surface area contributed by atoms with Crippen LogP contribution in [0.3, 0.4) is 0 Å². The van der Waals surface area contributed by atoms with E-state index in [1.807, 2.05) is 0 Å². The molecule has 0 heterocycles. The van der Waals surface area contributed by atoms with Crippen molar-refractivity contribution >= 4 is 23.8 Å². The first-order valence-corrected chi connectivity index (χ1v) is 8.91. The largest absolute Gasteiger partial charge is 0.459 e. The third kappa shape index (κ3) is 5.62. The van der Waals surface area contributed by atoms with Crippen LogP contribution in [0.5, 0.6) is 5.75 Å². The van der Waals surface area contributed by atoms with Crippen LogP contribution in [0.2, 0.25) is 0 Å². The van der Waals surface area contributed by atoms with Crippen LogP contribution in [0, 0.1) is 0 Å². The summed E-state index contributed by atoms with van der Waals surface area (Å²) < 4.78 is 10.2. The van der Waals surface area contributed by atoms with Gasteiger partial charge in [-0.05, 0) is 37.1 Å². The lowest BCUT2D eigenvalue weighted by molar-refractivity contribution is 0.0376. The van der Waals surface area contributed by atoms with Gasteiger partial charge >= 0.3 is 12.7 Å². The monoisotopic (exact) mass is 323 g/mol. The Labute approximate surface area is 120 Å². The Morgan fingerprint density at radius 2 is 2.00 bits per heavy atom. The van der Waals surface area contributed by atoms with Gasteiger partial charge in [-0.2, -0.15) is 0 Å². The average molecular weight is 323 g/mol. The van der Waals surface area contributed by atoms with E-state index in [0.29, 0.717) is 0 Å². The minimum Gasteiger partial charge on any atom is -0.459 e. The number of hydrogen-bond donors (Lipinski definition) is 4. The highest BCUT2D eigenvalue weighted by atomic mass is 32.5. The van der Waals surface area contributed by atoms with E-state index in [-0.39, 0.29) is 28.5 Å². The van der Waals surface area contributed by atoms with Crippen LogP contribution in [0.4, 0.5) is 0 Å². The van der Waals surface area contributed by atoms with Gasteiger partial charge in [0.05, 0.1) is 13.2 Å². The van der Waals surface area contributed by atoms with E-state index in [0.717, 1.165) is 0 Å². The second-order valence-electron chi connectivity index (χ2n) is 3.95. The number of carbonyl (C=O) groups excluding carboxylic acids is 1. The van der Waals surface area contributed by atoms with Gasteiger partial charge in [-0.1, -0.05) is 12.1 Å². The summed E-state index contributed by atoms with van der Waals surface area (Å²) in [6.45, 7) is -0.313. The molecule has 0 radical (unpaired) electrons. The predicted octanol–water partition coefficient (Wildman–Crippen LogP) is 1.17. The number of para-hydroxylation sites is 1. The molecular weight excluding hydrogens is 305 g/mol. The van der Waals surface area contributed by atoms with Gasteiger partial charge in [0, 0.05) is 0 Å². The highest BCUT2D eigenvalue weighted by Gasteiger charge is 2.19. The van der Waals surface area contributed by atoms with E-state index in [9.17, 15) is 14.6 Å². The van der Waals surface area contributed by atoms with Crippen LogP contribution in [0.25, 0.3) is 0 Å². The Kier molecular flexibility index (Phi) is 6.67. The van der Waals surface area contributed by atoms with Crippen LogP contribution >= 0.6 is 6.72 Å². The van der Waals surface area contributed by atoms with Gasteiger partial charge in [0.25, 0.3) is 0 Å². The lowest BCUT2D eigenvalue weighted by Gasteiger charge is -2.16. The van der Waals surface area contributed by atoms with Gasteiger partial charge in [-0.3, -0.25) is 4.84 Å². The van der Waals surface area contributed by atoms with Crippen LogP contribution < -0.4 is 9.41 Å². The fourth-order valence-electron chi connectivity index (χ4n) is 1.24. The summed E-state index contributed by atoms with van der Waals surface area (Å²) >= 11 is -0.0352. The summed E-state index contributed by atoms with van der Waals surface area (Å²) in [5.41, 5.74) is 0.126. The fourth-order valence-corrected chi connectivity index (χ4v) is 2.84. The van der Waals surface area contributed by atoms with E-state index in [1.165, 1.54) is 19.2 Å². The van der Waals surface area contributed by atoms with Crippen LogP contribution in [0.1, 0.15) is 24.2 Å². The molecule has 20 heavy (non-hydrogen) atoms. The number of esters is 1. The number of rotatable bonds is 6. The summed E-state index contributed by atoms with van der Waals surface area (Å²) in [6, 6.07) is 6.19. The number of carbonyl (C=O) groups is 1. The van der Waals surface area contributed by atoms with Gasteiger partial charge < -0.3 is 19.0 Å². The molecule has 0 bridgehead atoms. The molecule has 9 heteroatoms. The van der Waals surface area contributed by atoms with Crippen LogP contribution in [-0.4, -0.2) is 29.0 Å². The third-order valence-electron chi connectivity index (χ3n) is 1.93. The number of ether oxygens (including phenoxy) is 1. The second-order valence-corrected chi connectivity index (χ2v) is 7.71. The van der Waals surface area contributed by atoms with Crippen molar-refractivity contribution < 1.29 is 28.7 Å². The highest BCUT2D eigenvalue weighted by Crippen LogP contribution is 2.41. The Morgan fingerprint density at radius 3 is 2.60 bits per heavy atom. The minimum atomic E-state index is -3.75. The van der Waals surface area contributed by atoms with E-state index in [4.69, 9.17) is 9.26 Å². The first-order valence-electron chi connectivity index (χ1n) is 5.70. The van der Waals surface area contributed by atoms with Gasteiger partial charge in [0.1, 0.15) is 11.3 Å². The molecule has 7 nitrogen and oxygen atoms in total. The Bertz CT molecular complexity index is 515.